The number of halogens is 1. The molecule has 0 unspecified atom stereocenters. The summed E-state index contributed by atoms with van der Waals surface area (Å²) in [6.45, 7) is 0.735. The van der Waals surface area contributed by atoms with E-state index in [-0.39, 0.29) is 12.0 Å². The summed E-state index contributed by atoms with van der Waals surface area (Å²) in [5.41, 5.74) is 2.78. The van der Waals surface area contributed by atoms with Gasteiger partial charge in [0.05, 0.1) is 26.2 Å². The molecule has 186 valence electrons. The number of benzene rings is 3. The van der Waals surface area contributed by atoms with Gasteiger partial charge < -0.3 is 24.5 Å². The number of nitrogens with one attached hydrogen (secondary N) is 2. The standard InChI is InChI=1S/C28H27ClN2O5/c1-30-13-12-18-14-19-24(16-21(18)29)36-28(33)20(26(19)17-8-5-4-6-9-17)15-25(32)31-27-22(34-2)10-7-11-23(27)35-3/h4-11,14,16,30H,12-13,15H2,1-3H3,(H,31,32). The van der Waals surface area contributed by atoms with Gasteiger partial charge in [-0.25, -0.2) is 4.79 Å². The van der Waals surface area contributed by atoms with E-state index >= 15 is 0 Å². The van der Waals surface area contributed by atoms with Crippen molar-refractivity contribution in [1.82, 2.24) is 5.32 Å². The molecule has 1 aromatic heterocycles. The first-order valence-electron chi connectivity index (χ1n) is 11.5. The molecule has 7 nitrogen and oxygen atoms in total. The smallest absolute Gasteiger partial charge is 0.340 e. The van der Waals surface area contributed by atoms with Gasteiger partial charge in [0.2, 0.25) is 5.91 Å². The van der Waals surface area contributed by atoms with Gasteiger partial charge in [-0.05, 0) is 49.3 Å². The van der Waals surface area contributed by atoms with Crippen LogP contribution in [0.2, 0.25) is 5.02 Å². The second-order valence-corrected chi connectivity index (χ2v) is 8.57. The molecular formula is C28H27ClN2O5. The van der Waals surface area contributed by atoms with Crippen molar-refractivity contribution >= 4 is 34.2 Å². The lowest BCUT2D eigenvalue weighted by atomic mass is 9.94. The van der Waals surface area contributed by atoms with Gasteiger partial charge in [-0.3, -0.25) is 4.79 Å². The molecule has 36 heavy (non-hydrogen) atoms. The number of carbonyl (C=O) groups is 1. The van der Waals surface area contributed by atoms with Crippen molar-refractivity contribution in [3.05, 3.63) is 87.2 Å². The number of amides is 1. The number of fused-ring (bicyclic) bond motifs is 1. The van der Waals surface area contributed by atoms with E-state index in [0.29, 0.717) is 45.2 Å². The van der Waals surface area contributed by atoms with Gasteiger partial charge in [-0.2, -0.15) is 0 Å². The molecule has 0 aliphatic rings. The Morgan fingerprint density at radius 2 is 1.69 bits per heavy atom. The van der Waals surface area contributed by atoms with Crippen molar-refractivity contribution < 1.29 is 18.7 Å². The maximum atomic E-state index is 13.2. The Morgan fingerprint density at radius 1 is 1.00 bits per heavy atom. The molecule has 0 fully saturated rings. The van der Waals surface area contributed by atoms with Crippen LogP contribution in [0.5, 0.6) is 11.5 Å². The number of para-hydroxylation sites is 1. The second-order valence-electron chi connectivity index (χ2n) is 8.16. The van der Waals surface area contributed by atoms with Gasteiger partial charge in [0.25, 0.3) is 0 Å². The third kappa shape index (κ3) is 5.22. The summed E-state index contributed by atoms with van der Waals surface area (Å²) in [5, 5.41) is 7.19. The minimum atomic E-state index is -0.595. The Balaban J connectivity index is 1.84. The first kappa shape index (κ1) is 25.3. The predicted octanol–water partition coefficient (Wildman–Crippen LogP) is 5.07. The van der Waals surface area contributed by atoms with Crippen molar-refractivity contribution in [3.63, 3.8) is 0 Å². The minimum Gasteiger partial charge on any atom is -0.494 e. The van der Waals surface area contributed by atoms with Crippen LogP contribution in [0.1, 0.15) is 11.1 Å². The fourth-order valence-corrected chi connectivity index (χ4v) is 4.42. The van der Waals surface area contributed by atoms with E-state index in [4.69, 9.17) is 25.5 Å². The summed E-state index contributed by atoms with van der Waals surface area (Å²) in [5.74, 6) is 0.478. The summed E-state index contributed by atoms with van der Waals surface area (Å²) in [6, 6.07) is 18.3. The number of likely N-dealkylation sites (N-methyl/N-ethyl adjacent to an activating group) is 1. The number of rotatable bonds is 9. The van der Waals surface area contributed by atoms with Gasteiger partial charge in [-0.15, -0.1) is 0 Å². The highest BCUT2D eigenvalue weighted by molar-refractivity contribution is 6.32. The van der Waals surface area contributed by atoms with Gasteiger partial charge in [0.15, 0.2) is 0 Å². The molecule has 0 radical (unpaired) electrons. The quantitative estimate of drug-likeness (QED) is 0.308. The van der Waals surface area contributed by atoms with E-state index in [9.17, 15) is 9.59 Å². The van der Waals surface area contributed by atoms with Crippen molar-refractivity contribution in [3.8, 4) is 22.6 Å². The van der Waals surface area contributed by atoms with Gasteiger partial charge in [0.1, 0.15) is 22.8 Å². The molecule has 0 saturated carbocycles. The molecule has 3 aromatic carbocycles. The summed E-state index contributed by atoms with van der Waals surface area (Å²) in [7, 11) is 4.89. The van der Waals surface area contributed by atoms with Crippen LogP contribution < -0.4 is 25.7 Å². The first-order valence-corrected chi connectivity index (χ1v) is 11.8. The van der Waals surface area contributed by atoms with E-state index in [1.165, 1.54) is 14.2 Å². The van der Waals surface area contributed by atoms with Crippen LogP contribution in [-0.2, 0) is 17.6 Å². The lowest BCUT2D eigenvalue weighted by Gasteiger charge is -2.16. The van der Waals surface area contributed by atoms with Gasteiger partial charge >= 0.3 is 5.63 Å². The van der Waals surface area contributed by atoms with E-state index in [1.807, 2.05) is 43.4 Å². The molecule has 0 bridgehead atoms. The highest BCUT2D eigenvalue weighted by atomic mass is 35.5. The maximum absolute atomic E-state index is 13.2. The Kier molecular flexibility index (Phi) is 7.93. The number of methoxy groups -OCH3 is 2. The normalized spacial score (nSPS) is 10.9. The highest BCUT2D eigenvalue weighted by Crippen LogP contribution is 2.36. The van der Waals surface area contributed by atoms with E-state index in [0.717, 1.165) is 17.7 Å². The SMILES string of the molecule is CNCCc1cc2c(-c3ccccc3)c(CC(=O)Nc3c(OC)cccc3OC)c(=O)oc2cc1Cl. The van der Waals surface area contributed by atoms with Crippen LogP contribution >= 0.6 is 11.6 Å². The maximum Gasteiger partial charge on any atom is 0.340 e. The van der Waals surface area contributed by atoms with E-state index < -0.39 is 11.5 Å². The Morgan fingerprint density at radius 3 is 2.33 bits per heavy atom. The van der Waals surface area contributed by atoms with Crippen molar-refractivity contribution in [2.24, 2.45) is 0 Å². The third-order valence-corrected chi connectivity index (χ3v) is 6.26. The third-order valence-electron chi connectivity index (χ3n) is 5.91. The van der Waals surface area contributed by atoms with Gasteiger partial charge in [-0.1, -0.05) is 48.0 Å². The van der Waals surface area contributed by atoms with E-state index in [1.54, 1.807) is 24.3 Å². The molecule has 0 saturated heterocycles. The number of carbonyl (C=O) groups excluding carboxylic acids is 1. The van der Waals surface area contributed by atoms with Crippen LogP contribution in [0.3, 0.4) is 0 Å². The first-order chi connectivity index (χ1) is 17.5. The second kappa shape index (κ2) is 11.3. The molecule has 0 atom stereocenters. The summed E-state index contributed by atoms with van der Waals surface area (Å²) >= 11 is 6.48. The lowest BCUT2D eigenvalue weighted by molar-refractivity contribution is -0.115. The van der Waals surface area contributed by atoms with Crippen LogP contribution in [0, 0.1) is 0 Å². The molecule has 8 heteroatoms. The highest BCUT2D eigenvalue weighted by Gasteiger charge is 2.22. The Bertz CT molecular complexity index is 1430. The molecule has 2 N–H and O–H groups in total. The van der Waals surface area contributed by atoms with Crippen molar-refractivity contribution in [1.29, 1.82) is 0 Å². The van der Waals surface area contributed by atoms with Gasteiger partial charge in [0, 0.05) is 22.0 Å². The monoisotopic (exact) mass is 506 g/mol. The fourth-order valence-electron chi connectivity index (χ4n) is 4.17. The van der Waals surface area contributed by atoms with Crippen LogP contribution in [0.15, 0.2) is 69.9 Å². The zero-order valence-corrected chi connectivity index (χ0v) is 21.1. The number of anilines is 1. The zero-order valence-electron chi connectivity index (χ0n) is 20.3. The molecule has 1 heterocycles. The largest absolute Gasteiger partial charge is 0.494 e. The topological polar surface area (TPSA) is 89.8 Å². The molecule has 0 aliphatic carbocycles. The van der Waals surface area contributed by atoms with Crippen LogP contribution in [-0.4, -0.2) is 33.7 Å². The molecule has 0 aliphatic heterocycles. The minimum absolute atomic E-state index is 0.210. The molecule has 1 amide bonds. The van der Waals surface area contributed by atoms with Crippen molar-refractivity contribution in [2.75, 3.05) is 33.1 Å². The Labute approximate surface area is 214 Å². The zero-order chi connectivity index (χ0) is 25.7. The summed E-state index contributed by atoms with van der Waals surface area (Å²) in [4.78, 5) is 26.4. The Hall–Kier alpha value is -3.81. The average molecular weight is 507 g/mol. The molecule has 0 spiro atoms. The fraction of sp³-hybridized carbons (Fsp3) is 0.214. The number of hydrogen-bond acceptors (Lipinski definition) is 6. The van der Waals surface area contributed by atoms with E-state index in [2.05, 4.69) is 10.6 Å². The van der Waals surface area contributed by atoms with Crippen LogP contribution in [0.25, 0.3) is 22.1 Å². The predicted molar refractivity (Wildman–Crippen MR) is 142 cm³/mol. The van der Waals surface area contributed by atoms with Crippen molar-refractivity contribution in [2.45, 2.75) is 12.8 Å². The number of hydrogen-bond donors (Lipinski definition) is 2. The summed E-state index contributed by atoms with van der Waals surface area (Å²) < 4.78 is 16.4. The van der Waals surface area contributed by atoms with Crippen LogP contribution in [0.4, 0.5) is 5.69 Å². The molecule has 4 aromatic rings. The average Bonchev–Trinajstić information content (AvgIpc) is 2.88. The summed E-state index contributed by atoms with van der Waals surface area (Å²) in [6.07, 6.45) is 0.486. The molecular weight excluding hydrogens is 480 g/mol. The molecule has 4 rings (SSSR count). The number of ether oxygens (including phenoxy) is 2. The lowest BCUT2D eigenvalue weighted by Crippen LogP contribution is -2.21.